The summed E-state index contributed by atoms with van der Waals surface area (Å²) in [4.78, 5) is 10.4. The van der Waals surface area contributed by atoms with E-state index in [1.54, 1.807) is 6.92 Å². The summed E-state index contributed by atoms with van der Waals surface area (Å²) < 4.78 is 13.2. The number of nitrogens with one attached hydrogen (secondary N) is 1. The summed E-state index contributed by atoms with van der Waals surface area (Å²) in [5.41, 5.74) is 7.49. The van der Waals surface area contributed by atoms with Crippen LogP contribution in [0.3, 0.4) is 0 Å². The van der Waals surface area contributed by atoms with Crippen LogP contribution >= 0.6 is 23.2 Å². The molecule has 1 aromatic carbocycles. The molecule has 0 atom stereocenters. The van der Waals surface area contributed by atoms with Crippen LogP contribution in [0.25, 0.3) is 0 Å². The van der Waals surface area contributed by atoms with Crippen LogP contribution in [-0.4, -0.2) is 11.7 Å². The van der Waals surface area contributed by atoms with E-state index in [9.17, 15) is 9.18 Å². The average Bonchev–Trinajstić information content (AvgIpc) is 2.20. The number of hydrogen-bond donors (Lipinski definition) is 2. The number of primary amides is 1. The average molecular weight is 264 g/mol. The van der Waals surface area contributed by atoms with Crippen LogP contribution in [0.15, 0.2) is 17.2 Å². The van der Waals surface area contributed by atoms with Gasteiger partial charge in [-0.15, -0.1) is 0 Å². The van der Waals surface area contributed by atoms with E-state index < -0.39 is 11.8 Å². The molecule has 0 unspecified atom stereocenters. The Morgan fingerprint density at radius 2 is 2.06 bits per heavy atom. The van der Waals surface area contributed by atoms with Crippen molar-refractivity contribution in [3.05, 3.63) is 33.6 Å². The molecule has 0 aliphatic rings. The van der Waals surface area contributed by atoms with Crippen molar-refractivity contribution < 1.29 is 9.18 Å². The first kappa shape index (κ1) is 12.7. The quantitative estimate of drug-likeness (QED) is 0.481. The number of rotatable bonds is 2. The summed E-state index contributed by atoms with van der Waals surface area (Å²) in [6.45, 7) is 1.55. The van der Waals surface area contributed by atoms with Gasteiger partial charge in [-0.3, -0.25) is 0 Å². The maximum absolute atomic E-state index is 13.2. The van der Waals surface area contributed by atoms with Crippen molar-refractivity contribution in [1.82, 2.24) is 5.43 Å². The summed E-state index contributed by atoms with van der Waals surface area (Å²) in [5, 5.41) is 3.78. The molecule has 0 bridgehead atoms. The summed E-state index contributed by atoms with van der Waals surface area (Å²) >= 11 is 11.4. The van der Waals surface area contributed by atoms with Gasteiger partial charge in [-0.05, 0) is 19.1 Å². The van der Waals surface area contributed by atoms with Gasteiger partial charge in [0.15, 0.2) is 0 Å². The largest absolute Gasteiger partial charge is 0.350 e. The van der Waals surface area contributed by atoms with Crippen molar-refractivity contribution >= 4 is 34.9 Å². The molecule has 1 rings (SSSR count). The molecule has 0 spiro atoms. The van der Waals surface area contributed by atoms with Gasteiger partial charge >= 0.3 is 6.03 Å². The molecule has 7 heteroatoms. The number of amides is 2. The number of benzene rings is 1. The molecule has 0 aliphatic heterocycles. The van der Waals surface area contributed by atoms with Crippen molar-refractivity contribution in [2.45, 2.75) is 6.92 Å². The molecule has 1 aromatic rings. The van der Waals surface area contributed by atoms with Crippen LogP contribution in [0.2, 0.25) is 10.0 Å². The summed E-state index contributed by atoms with van der Waals surface area (Å²) in [6.07, 6.45) is 0. The number of carbonyl (C=O) groups excluding carboxylic acids is 1. The number of hydrazone groups is 1. The van der Waals surface area contributed by atoms with Crippen molar-refractivity contribution in [2.75, 3.05) is 0 Å². The molecular formula is C9H8Cl2FN3O. The number of hydrogen-bond acceptors (Lipinski definition) is 2. The van der Waals surface area contributed by atoms with Gasteiger partial charge in [0.05, 0.1) is 15.8 Å². The smallest absolute Gasteiger partial charge is 0.332 e. The minimum Gasteiger partial charge on any atom is -0.350 e. The van der Waals surface area contributed by atoms with E-state index in [1.165, 1.54) is 6.07 Å². The Morgan fingerprint density at radius 1 is 1.44 bits per heavy atom. The van der Waals surface area contributed by atoms with Crippen LogP contribution in [0.4, 0.5) is 9.18 Å². The van der Waals surface area contributed by atoms with Gasteiger partial charge in [0.25, 0.3) is 0 Å². The standard InChI is InChI=1S/C9H8Cl2FN3O/c1-4(14-15-9(13)16)5-2-8(12)7(11)3-6(5)10/h2-3H,1H3,(H3,13,15,16). The van der Waals surface area contributed by atoms with Crippen LogP contribution < -0.4 is 11.2 Å². The highest BCUT2D eigenvalue weighted by molar-refractivity contribution is 6.37. The molecule has 0 heterocycles. The minimum atomic E-state index is -0.815. The van der Waals surface area contributed by atoms with Crippen molar-refractivity contribution in [1.29, 1.82) is 0 Å². The van der Waals surface area contributed by atoms with E-state index in [4.69, 9.17) is 28.9 Å². The SMILES string of the molecule is CC(=NNC(N)=O)c1cc(F)c(Cl)cc1Cl. The molecule has 3 N–H and O–H groups in total. The number of carbonyl (C=O) groups is 1. The van der Waals surface area contributed by atoms with Gasteiger partial charge in [-0.2, -0.15) is 5.10 Å². The second kappa shape index (κ2) is 5.14. The number of halogens is 3. The van der Waals surface area contributed by atoms with E-state index >= 15 is 0 Å². The fraction of sp³-hybridized carbons (Fsp3) is 0.111. The Morgan fingerprint density at radius 3 is 2.62 bits per heavy atom. The first-order valence-electron chi connectivity index (χ1n) is 4.16. The molecule has 0 fully saturated rings. The minimum absolute atomic E-state index is 0.0792. The highest BCUT2D eigenvalue weighted by Gasteiger charge is 2.09. The number of nitrogens with two attached hydrogens (primary N) is 1. The van der Waals surface area contributed by atoms with Gasteiger partial charge in [0.1, 0.15) is 5.82 Å². The molecular weight excluding hydrogens is 256 g/mol. The lowest BCUT2D eigenvalue weighted by atomic mass is 10.1. The first-order valence-corrected chi connectivity index (χ1v) is 4.92. The first-order chi connectivity index (χ1) is 7.41. The zero-order valence-electron chi connectivity index (χ0n) is 8.22. The second-order valence-electron chi connectivity index (χ2n) is 2.92. The summed E-state index contributed by atoms with van der Waals surface area (Å²) in [7, 11) is 0. The highest BCUT2D eigenvalue weighted by atomic mass is 35.5. The number of nitrogens with zero attached hydrogens (tertiary/aromatic N) is 1. The molecule has 0 aromatic heterocycles. The third kappa shape index (κ3) is 3.08. The monoisotopic (exact) mass is 263 g/mol. The molecule has 0 aliphatic carbocycles. The Kier molecular flexibility index (Phi) is 4.09. The van der Waals surface area contributed by atoms with Crippen molar-refractivity contribution in [3.8, 4) is 0 Å². The lowest BCUT2D eigenvalue weighted by Gasteiger charge is -2.05. The van der Waals surface area contributed by atoms with E-state index in [0.29, 0.717) is 11.3 Å². The topological polar surface area (TPSA) is 67.5 Å². The fourth-order valence-electron chi connectivity index (χ4n) is 0.999. The number of urea groups is 1. The summed E-state index contributed by atoms with van der Waals surface area (Å²) in [6, 6.07) is 1.58. The van der Waals surface area contributed by atoms with Gasteiger partial charge < -0.3 is 5.73 Å². The maximum atomic E-state index is 13.2. The second-order valence-corrected chi connectivity index (χ2v) is 3.73. The molecule has 4 nitrogen and oxygen atoms in total. The van der Waals surface area contributed by atoms with Gasteiger partial charge in [-0.1, -0.05) is 23.2 Å². The van der Waals surface area contributed by atoms with Crippen molar-refractivity contribution in [2.24, 2.45) is 10.8 Å². The fourth-order valence-corrected chi connectivity index (χ4v) is 1.52. The van der Waals surface area contributed by atoms with E-state index in [-0.39, 0.29) is 10.0 Å². The maximum Gasteiger partial charge on any atom is 0.332 e. The summed E-state index contributed by atoms with van der Waals surface area (Å²) in [5.74, 6) is -0.616. The zero-order valence-corrected chi connectivity index (χ0v) is 9.73. The predicted octanol–water partition coefficient (Wildman–Crippen LogP) is 2.52. The van der Waals surface area contributed by atoms with Gasteiger partial charge in [0, 0.05) is 5.56 Å². The normalized spacial score (nSPS) is 11.4. The Hall–Kier alpha value is -1.33. The van der Waals surface area contributed by atoms with E-state index in [0.717, 1.165) is 6.07 Å². The third-order valence-corrected chi connectivity index (χ3v) is 2.34. The van der Waals surface area contributed by atoms with Crippen LogP contribution in [-0.2, 0) is 0 Å². The van der Waals surface area contributed by atoms with Gasteiger partial charge in [-0.25, -0.2) is 14.6 Å². The molecule has 0 radical (unpaired) electrons. The van der Waals surface area contributed by atoms with Gasteiger partial charge in [0.2, 0.25) is 0 Å². The van der Waals surface area contributed by atoms with E-state index in [2.05, 4.69) is 5.10 Å². The molecule has 2 amide bonds. The van der Waals surface area contributed by atoms with Crippen LogP contribution in [0.1, 0.15) is 12.5 Å². The molecule has 86 valence electrons. The lowest BCUT2D eigenvalue weighted by Crippen LogP contribution is -2.25. The Balaban J connectivity index is 3.08. The van der Waals surface area contributed by atoms with Crippen molar-refractivity contribution in [3.63, 3.8) is 0 Å². The lowest BCUT2D eigenvalue weighted by molar-refractivity contribution is 0.249. The predicted molar refractivity (Wildman–Crippen MR) is 61.4 cm³/mol. The molecule has 0 saturated heterocycles. The molecule has 0 saturated carbocycles. The van der Waals surface area contributed by atoms with E-state index in [1.807, 2.05) is 5.43 Å². The zero-order chi connectivity index (χ0) is 12.3. The van der Waals surface area contributed by atoms with Crippen LogP contribution in [0, 0.1) is 5.82 Å². The third-order valence-electron chi connectivity index (χ3n) is 1.73. The van der Waals surface area contributed by atoms with Crippen LogP contribution in [0.5, 0.6) is 0 Å². The highest BCUT2D eigenvalue weighted by Crippen LogP contribution is 2.24. The Bertz CT molecular complexity index is 462. The Labute approximate surface area is 101 Å². The molecule has 16 heavy (non-hydrogen) atoms.